The molecule has 2 aromatic rings. The smallest absolute Gasteiger partial charge is 0.317 e. The molecule has 0 radical (unpaired) electrons. The first kappa shape index (κ1) is 14.0. The van der Waals surface area contributed by atoms with Gasteiger partial charge in [-0.05, 0) is 18.6 Å². The molecule has 2 aromatic heterocycles. The minimum atomic E-state index is -1.06. The molecule has 0 aliphatic rings. The predicted octanol–water partition coefficient (Wildman–Crippen LogP) is 0.614. The SMILES string of the molecule is Cc1ccc2nc(CN(CC(=O)O)CC(=O)O)cn2c1. The molecule has 0 bridgehead atoms. The molecule has 7 nitrogen and oxygen atoms in total. The van der Waals surface area contributed by atoms with Crippen molar-refractivity contribution in [2.45, 2.75) is 13.5 Å². The topological polar surface area (TPSA) is 95.1 Å². The van der Waals surface area contributed by atoms with Crippen LogP contribution in [0.5, 0.6) is 0 Å². The molecule has 0 aliphatic heterocycles. The van der Waals surface area contributed by atoms with Gasteiger partial charge < -0.3 is 14.6 Å². The summed E-state index contributed by atoms with van der Waals surface area (Å²) < 4.78 is 1.84. The maximum Gasteiger partial charge on any atom is 0.317 e. The third-order valence-electron chi connectivity index (χ3n) is 2.75. The maximum absolute atomic E-state index is 10.7. The Bertz CT molecular complexity index is 634. The van der Waals surface area contributed by atoms with Gasteiger partial charge in [-0.1, -0.05) is 6.07 Å². The zero-order chi connectivity index (χ0) is 14.7. The van der Waals surface area contributed by atoms with E-state index in [1.165, 1.54) is 4.90 Å². The van der Waals surface area contributed by atoms with Crippen LogP contribution in [-0.2, 0) is 16.1 Å². The fourth-order valence-corrected chi connectivity index (χ4v) is 2.01. The lowest BCUT2D eigenvalue weighted by Gasteiger charge is -2.15. The largest absolute Gasteiger partial charge is 0.480 e. The van der Waals surface area contributed by atoms with Gasteiger partial charge in [0, 0.05) is 18.9 Å². The fourth-order valence-electron chi connectivity index (χ4n) is 2.01. The summed E-state index contributed by atoms with van der Waals surface area (Å²) in [6.45, 7) is 1.47. The predicted molar refractivity (Wildman–Crippen MR) is 70.5 cm³/mol. The molecule has 0 amide bonds. The number of aryl methyl sites for hydroxylation is 1. The molecular weight excluding hydrogens is 262 g/mol. The first-order valence-corrected chi connectivity index (χ1v) is 6.04. The molecule has 0 aliphatic carbocycles. The van der Waals surface area contributed by atoms with E-state index in [-0.39, 0.29) is 19.6 Å². The van der Waals surface area contributed by atoms with E-state index in [0.29, 0.717) is 5.69 Å². The number of aliphatic carboxylic acids is 2. The normalized spacial score (nSPS) is 11.1. The molecule has 20 heavy (non-hydrogen) atoms. The summed E-state index contributed by atoms with van der Waals surface area (Å²) in [4.78, 5) is 27.1. The number of pyridine rings is 1. The van der Waals surface area contributed by atoms with Crippen LogP contribution in [0.15, 0.2) is 24.5 Å². The number of hydrogen-bond donors (Lipinski definition) is 2. The van der Waals surface area contributed by atoms with Gasteiger partial charge in [0.15, 0.2) is 0 Å². The highest BCUT2D eigenvalue weighted by Gasteiger charge is 2.15. The first-order chi connectivity index (χ1) is 9.44. The van der Waals surface area contributed by atoms with Gasteiger partial charge in [-0.15, -0.1) is 0 Å². The Morgan fingerprint density at radius 2 is 1.85 bits per heavy atom. The molecule has 0 atom stereocenters. The van der Waals surface area contributed by atoms with Crippen molar-refractivity contribution in [3.05, 3.63) is 35.8 Å². The summed E-state index contributed by atoms with van der Waals surface area (Å²) in [7, 11) is 0. The van der Waals surface area contributed by atoms with Gasteiger partial charge in [-0.3, -0.25) is 14.5 Å². The second-order valence-corrected chi connectivity index (χ2v) is 4.64. The van der Waals surface area contributed by atoms with Crippen molar-refractivity contribution in [2.75, 3.05) is 13.1 Å². The van der Waals surface area contributed by atoms with Gasteiger partial charge in [0.25, 0.3) is 0 Å². The average Bonchev–Trinajstić information content (AvgIpc) is 2.68. The van der Waals surface area contributed by atoms with Crippen molar-refractivity contribution in [3.63, 3.8) is 0 Å². The van der Waals surface area contributed by atoms with Crippen LogP contribution >= 0.6 is 0 Å². The van der Waals surface area contributed by atoms with Crippen LogP contribution in [0.3, 0.4) is 0 Å². The zero-order valence-electron chi connectivity index (χ0n) is 11.0. The van der Waals surface area contributed by atoms with Crippen molar-refractivity contribution in [1.29, 1.82) is 0 Å². The van der Waals surface area contributed by atoms with E-state index in [9.17, 15) is 9.59 Å². The number of hydrogen-bond acceptors (Lipinski definition) is 4. The summed E-state index contributed by atoms with van der Waals surface area (Å²) in [5, 5.41) is 17.6. The van der Waals surface area contributed by atoms with Gasteiger partial charge in [-0.2, -0.15) is 0 Å². The van der Waals surface area contributed by atoms with Gasteiger partial charge in [0.05, 0.1) is 18.8 Å². The molecule has 7 heteroatoms. The summed E-state index contributed by atoms with van der Waals surface area (Å²) in [5.41, 5.74) is 2.46. The van der Waals surface area contributed by atoms with Crippen molar-refractivity contribution in [1.82, 2.24) is 14.3 Å². The molecule has 0 spiro atoms. The van der Waals surface area contributed by atoms with Gasteiger partial charge in [0.1, 0.15) is 5.65 Å². The lowest BCUT2D eigenvalue weighted by molar-refractivity contribution is -0.142. The van der Waals surface area contributed by atoms with Crippen LogP contribution < -0.4 is 0 Å². The van der Waals surface area contributed by atoms with E-state index >= 15 is 0 Å². The highest BCUT2D eigenvalue weighted by Crippen LogP contribution is 2.09. The molecule has 2 N–H and O–H groups in total. The van der Waals surface area contributed by atoms with E-state index in [2.05, 4.69) is 4.98 Å². The Morgan fingerprint density at radius 3 is 2.45 bits per heavy atom. The number of aromatic nitrogens is 2. The van der Waals surface area contributed by atoms with Crippen molar-refractivity contribution >= 4 is 17.6 Å². The molecule has 0 saturated carbocycles. The number of nitrogens with zero attached hydrogens (tertiary/aromatic N) is 3. The second-order valence-electron chi connectivity index (χ2n) is 4.64. The molecule has 106 valence electrons. The first-order valence-electron chi connectivity index (χ1n) is 6.04. The fraction of sp³-hybridized carbons (Fsp3) is 0.308. The van der Waals surface area contributed by atoms with Crippen molar-refractivity contribution < 1.29 is 19.8 Å². The molecule has 2 rings (SSSR count). The van der Waals surface area contributed by atoms with Crippen LogP contribution in [0.1, 0.15) is 11.3 Å². The zero-order valence-corrected chi connectivity index (χ0v) is 11.0. The van der Waals surface area contributed by atoms with E-state index in [1.54, 1.807) is 6.20 Å². The van der Waals surface area contributed by atoms with Crippen LogP contribution in [0.2, 0.25) is 0 Å². The third kappa shape index (κ3) is 3.55. The quantitative estimate of drug-likeness (QED) is 0.803. The number of carboxylic acids is 2. The van der Waals surface area contributed by atoms with Crippen molar-refractivity contribution in [3.8, 4) is 0 Å². The number of carboxylic acid groups (broad SMARTS) is 2. The second kappa shape index (κ2) is 5.70. The maximum atomic E-state index is 10.7. The summed E-state index contributed by atoms with van der Waals surface area (Å²) in [5.74, 6) is -2.13. The van der Waals surface area contributed by atoms with Crippen LogP contribution in [0.25, 0.3) is 5.65 Å². The molecule has 2 heterocycles. The standard InChI is InChI=1S/C13H15N3O4/c1-9-2-3-11-14-10(6-16(11)4-9)5-15(7-12(17)18)8-13(19)20/h2-4,6H,5,7-8H2,1H3,(H,17,18)(H,19,20). The van der Waals surface area contributed by atoms with Crippen LogP contribution in [0.4, 0.5) is 0 Å². The van der Waals surface area contributed by atoms with E-state index < -0.39 is 11.9 Å². The van der Waals surface area contributed by atoms with Crippen molar-refractivity contribution in [2.24, 2.45) is 0 Å². The highest BCUT2D eigenvalue weighted by atomic mass is 16.4. The molecule has 0 fully saturated rings. The van der Waals surface area contributed by atoms with E-state index in [1.807, 2.05) is 29.7 Å². The monoisotopic (exact) mass is 277 g/mol. The molecule has 0 aromatic carbocycles. The molecule has 0 unspecified atom stereocenters. The summed E-state index contributed by atoms with van der Waals surface area (Å²) >= 11 is 0. The molecule has 0 saturated heterocycles. The Balaban J connectivity index is 2.18. The van der Waals surface area contributed by atoms with Crippen LogP contribution in [-0.4, -0.2) is 49.5 Å². The Kier molecular flexibility index (Phi) is 3.99. The molecular formula is C13H15N3O4. The van der Waals surface area contributed by atoms with Gasteiger partial charge >= 0.3 is 11.9 Å². The third-order valence-corrected chi connectivity index (χ3v) is 2.75. The van der Waals surface area contributed by atoms with Gasteiger partial charge in [0.2, 0.25) is 0 Å². The van der Waals surface area contributed by atoms with Gasteiger partial charge in [-0.25, -0.2) is 4.98 Å². The summed E-state index contributed by atoms with van der Waals surface area (Å²) in [6.07, 6.45) is 3.68. The minimum absolute atomic E-state index is 0.180. The highest BCUT2D eigenvalue weighted by molar-refractivity contribution is 5.72. The Hall–Kier alpha value is -2.41. The number of fused-ring (bicyclic) bond motifs is 1. The van der Waals surface area contributed by atoms with Crippen LogP contribution in [0, 0.1) is 6.92 Å². The lowest BCUT2D eigenvalue weighted by Crippen LogP contribution is -2.34. The number of carbonyl (C=O) groups is 2. The Morgan fingerprint density at radius 1 is 1.20 bits per heavy atom. The minimum Gasteiger partial charge on any atom is -0.480 e. The number of rotatable bonds is 6. The Labute approximate surface area is 115 Å². The number of imidazole rings is 1. The average molecular weight is 277 g/mol. The lowest BCUT2D eigenvalue weighted by atomic mass is 10.3. The summed E-state index contributed by atoms with van der Waals surface area (Å²) in [6, 6.07) is 3.79. The van der Waals surface area contributed by atoms with E-state index in [4.69, 9.17) is 10.2 Å². The van der Waals surface area contributed by atoms with E-state index in [0.717, 1.165) is 11.2 Å².